The van der Waals surface area contributed by atoms with Gasteiger partial charge in [0, 0.05) is 0 Å². The van der Waals surface area contributed by atoms with E-state index in [4.69, 9.17) is 0 Å². The van der Waals surface area contributed by atoms with Gasteiger partial charge in [-0.25, -0.2) is 0 Å². The van der Waals surface area contributed by atoms with Crippen molar-refractivity contribution in [2.45, 2.75) is 36.4 Å². The van der Waals surface area contributed by atoms with Crippen LogP contribution >= 0.6 is 7.06 Å². The Labute approximate surface area is 126 Å². The third-order valence-corrected chi connectivity index (χ3v) is 6.14. The molecule has 0 atom stereocenters. The molecule has 2 nitrogen and oxygen atoms in total. The summed E-state index contributed by atoms with van der Waals surface area (Å²) in [6.07, 6.45) is -31.2. The van der Waals surface area contributed by atoms with Crippen molar-refractivity contribution in [2.24, 2.45) is 0 Å². The molecule has 0 aromatic carbocycles. The fraction of sp³-hybridized carbons (Fsp3) is 1.00. The molecule has 1 fully saturated rings. The first-order valence-electron chi connectivity index (χ1n) is 5.71. The van der Waals surface area contributed by atoms with E-state index in [0.29, 0.717) is 0 Å². The second-order valence-electron chi connectivity index (χ2n) is 5.78. The summed E-state index contributed by atoms with van der Waals surface area (Å²) in [5.74, 6) is 0. The van der Waals surface area contributed by atoms with Crippen LogP contribution in [0.1, 0.15) is 0 Å². The van der Waals surface area contributed by atoms with Crippen LogP contribution in [-0.2, 0) is 9.05 Å². The average molecular weight is 408 g/mol. The predicted molar refractivity (Wildman–Crippen MR) is 56.5 cm³/mol. The van der Waals surface area contributed by atoms with Crippen molar-refractivity contribution in [3.05, 3.63) is 0 Å². The van der Waals surface area contributed by atoms with Crippen LogP contribution < -0.4 is 0 Å². The summed E-state index contributed by atoms with van der Waals surface area (Å²) in [4.78, 5) is 0. The van der Waals surface area contributed by atoms with E-state index in [0.717, 1.165) is 0 Å². The van der Waals surface area contributed by atoms with Gasteiger partial charge in [0.05, 0.1) is 0 Å². The first kappa shape index (κ1) is 21.6. The summed E-state index contributed by atoms with van der Waals surface area (Å²) in [7, 11) is -5.50. The molecule has 1 saturated heterocycles. The Bertz CT molecular complexity index is 450. The van der Waals surface area contributed by atoms with Gasteiger partial charge in [0.15, 0.2) is 0 Å². The summed E-state index contributed by atoms with van der Waals surface area (Å²) < 4.78 is 158. The van der Waals surface area contributed by atoms with Crippen molar-refractivity contribution in [2.75, 3.05) is 19.5 Å². The molecule has 1 rings (SSSR count). The fourth-order valence-electron chi connectivity index (χ4n) is 2.24. The minimum absolute atomic E-state index is 0.270. The van der Waals surface area contributed by atoms with Crippen LogP contribution in [0.5, 0.6) is 0 Å². The zero-order valence-corrected chi connectivity index (χ0v) is 12.5. The molecule has 0 N–H and O–H groups in total. The van der Waals surface area contributed by atoms with E-state index in [2.05, 4.69) is 9.05 Å². The summed E-state index contributed by atoms with van der Waals surface area (Å²) in [6.45, 7) is 0.539. The number of alkyl halides is 12. The Balaban J connectivity index is 3.23. The normalized spacial score (nSPS) is 25.7. The Morgan fingerprint density at radius 2 is 1.08 bits per heavy atom. The van der Waals surface area contributed by atoms with Gasteiger partial charge in [0.25, 0.3) is 0 Å². The van der Waals surface area contributed by atoms with Gasteiger partial charge in [-0.2, -0.15) is 0 Å². The van der Waals surface area contributed by atoms with E-state index in [1.165, 1.54) is 0 Å². The van der Waals surface area contributed by atoms with Crippen LogP contribution in [-0.4, -0.2) is 55.9 Å². The molecule has 0 saturated carbocycles. The van der Waals surface area contributed by atoms with Crippen LogP contribution in [0.15, 0.2) is 0 Å². The Kier molecular flexibility index (Phi) is 4.52. The maximum absolute atomic E-state index is 12.6. The third-order valence-electron chi connectivity index (χ3n) is 3.05. The number of hydrogen-bond acceptors (Lipinski definition) is 2. The van der Waals surface area contributed by atoms with E-state index < -0.39 is 49.6 Å². The molecule has 1 heterocycles. The van der Waals surface area contributed by atoms with Crippen LogP contribution in [0, 0.1) is 0 Å². The first-order valence-corrected chi connectivity index (χ1v) is 8.87. The molecule has 1 aliphatic rings. The molecule has 0 aromatic rings. The quantitative estimate of drug-likeness (QED) is 0.472. The van der Waals surface area contributed by atoms with Gasteiger partial charge < -0.3 is 0 Å². The van der Waals surface area contributed by atoms with E-state index in [1.54, 1.807) is 0 Å². The van der Waals surface area contributed by atoms with Crippen LogP contribution in [0.3, 0.4) is 0 Å². The van der Waals surface area contributed by atoms with Crippen molar-refractivity contribution in [1.82, 2.24) is 0 Å². The molecule has 0 bridgehead atoms. The molecule has 24 heavy (non-hydrogen) atoms. The second kappa shape index (κ2) is 5.03. The molecule has 1 aliphatic heterocycles. The number of rotatable bonds is 2. The molecule has 0 spiro atoms. The van der Waals surface area contributed by atoms with E-state index in [-0.39, 0.29) is 13.3 Å². The van der Waals surface area contributed by atoms with Gasteiger partial charge in [-0.15, -0.1) is 0 Å². The van der Waals surface area contributed by atoms with Gasteiger partial charge in [0.1, 0.15) is 0 Å². The Morgan fingerprint density at radius 1 is 0.792 bits per heavy atom. The fourth-order valence-corrected chi connectivity index (χ4v) is 6.03. The Hall–Kier alpha value is -0.490. The van der Waals surface area contributed by atoms with Gasteiger partial charge >= 0.3 is 125 Å². The second-order valence-corrected chi connectivity index (χ2v) is 10.8. The maximum atomic E-state index is 12.6. The average Bonchev–Trinajstić information content (AvgIpc) is 2.16. The molecule has 0 aromatic heterocycles. The standard InChI is InChI=1S/C9H9F12O2P/c1-24(2,22-4(6(10,11)12)7(13,14)15)3-5(23-24,8(16,17)18)9(19,20)21/h4H,3H2,1-2H3. The van der Waals surface area contributed by atoms with E-state index in [9.17, 15) is 52.7 Å². The Morgan fingerprint density at radius 3 is 1.29 bits per heavy atom. The molecule has 15 heteroatoms. The van der Waals surface area contributed by atoms with E-state index >= 15 is 0 Å². The van der Waals surface area contributed by atoms with Gasteiger partial charge in [-0.05, 0) is 0 Å². The molecule has 0 amide bonds. The van der Waals surface area contributed by atoms with Crippen molar-refractivity contribution < 1.29 is 61.7 Å². The zero-order chi connectivity index (χ0) is 19.6. The van der Waals surface area contributed by atoms with Crippen LogP contribution in [0.25, 0.3) is 0 Å². The molecule has 0 radical (unpaired) electrons. The van der Waals surface area contributed by atoms with Crippen molar-refractivity contribution in [1.29, 1.82) is 0 Å². The predicted octanol–water partition coefficient (Wildman–Crippen LogP) is 5.03. The molecule has 146 valence electrons. The first-order chi connectivity index (χ1) is 10.0. The van der Waals surface area contributed by atoms with Crippen LogP contribution in [0.4, 0.5) is 52.7 Å². The van der Waals surface area contributed by atoms with Crippen LogP contribution in [0.2, 0.25) is 0 Å². The summed E-state index contributed by atoms with van der Waals surface area (Å²) in [6, 6.07) is 0. The zero-order valence-electron chi connectivity index (χ0n) is 11.6. The molecule has 0 unspecified atom stereocenters. The minimum atomic E-state index is -6.10. The molecule has 0 aliphatic carbocycles. The number of halogens is 12. The topological polar surface area (TPSA) is 18.5 Å². The third kappa shape index (κ3) is 3.69. The SMILES string of the molecule is CP1(C)(OC(C(F)(F)F)C(F)(F)F)CC(C(F)(F)F)(C(F)(F)F)O1. The van der Waals surface area contributed by atoms with Crippen molar-refractivity contribution >= 4 is 7.06 Å². The van der Waals surface area contributed by atoms with Gasteiger partial charge in [-0.3, -0.25) is 0 Å². The number of hydrogen-bond donors (Lipinski definition) is 0. The molecular formula is C9H9F12O2P. The summed E-state index contributed by atoms with van der Waals surface area (Å²) in [5.41, 5.74) is -4.87. The summed E-state index contributed by atoms with van der Waals surface area (Å²) in [5, 5.41) is 0. The van der Waals surface area contributed by atoms with E-state index in [1.807, 2.05) is 0 Å². The summed E-state index contributed by atoms with van der Waals surface area (Å²) >= 11 is 0. The van der Waals surface area contributed by atoms with Gasteiger partial charge in [-0.1, -0.05) is 0 Å². The van der Waals surface area contributed by atoms with Gasteiger partial charge in [0.2, 0.25) is 0 Å². The monoisotopic (exact) mass is 408 g/mol. The van der Waals surface area contributed by atoms with Crippen molar-refractivity contribution in [3.8, 4) is 0 Å². The van der Waals surface area contributed by atoms with Crippen molar-refractivity contribution in [3.63, 3.8) is 0 Å². The molecular weight excluding hydrogens is 399 g/mol.